The molecule has 1 nitrogen and oxygen atoms in total. The Bertz CT molecular complexity index is 566. The van der Waals surface area contributed by atoms with Crippen LogP contribution in [0.25, 0.3) is 11.1 Å². The van der Waals surface area contributed by atoms with Gasteiger partial charge in [-0.3, -0.25) is 0 Å². The second kappa shape index (κ2) is 11.5. The molecule has 0 aliphatic rings. The van der Waals surface area contributed by atoms with Gasteiger partial charge in [0, 0.05) is 5.56 Å². The predicted molar refractivity (Wildman–Crippen MR) is 87.3 cm³/mol. The molecule has 0 aliphatic heterocycles. The molecule has 3 aromatic carbocycles. The maximum absolute atomic E-state index is 9.56. The van der Waals surface area contributed by atoms with Crippen molar-refractivity contribution in [3.63, 3.8) is 0 Å². The monoisotopic (exact) mass is 353 g/mol. The molecular weight excluding hydrogens is 339 g/mol. The minimum atomic E-state index is -0.556. The molecule has 108 valence electrons. The van der Waals surface area contributed by atoms with E-state index in [4.69, 9.17) is 18.6 Å². The Morgan fingerprint density at radius 1 is 0.762 bits per heavy atom. The van der Waals surface area contributed by atoms with E-state index in [0.717, 1.165) is 11.1 Å². The van der Waals surface area contributed by atoms with Crippen LogP contribution in [-0.2, 0) is 17.0 Å². The SMILES string of the molecule is Oc1ccccc1-c1ccccc1.[Cl][Ti][Cl].c1cc[cH-]c1. The van der Waals surface area contributed by atoms with Crippen molar-refractivity contribution in [1.29, 1.82) is 0 Å². The van der Waals surface area contributed by atoms with Crippen LogP contribution in [0, 0.1) is 0 Å². The molecule has 4 heteroatoms. The first kappa shape index (κ1) is 17.9. The van der Waals surface area contributed by atoms with Crippen LogP contribution in [0.5, 0.6) is 5.75 Å². The molecule has 0 aliphatic carbocycles. The molecule has 0 aromatic heterocycles. The summed E-state index contributed by atoms with van der Waals surface area (Å²) in [5, 5.41) is 9.56. The normalized spacial score (nSPS) is 8.67. The predicted octanol–water partition coefficient (Wildman–Crippen LogP) is 5.84. The summed E-state index contributed by atoms with van der Waals surface area (Å²) in [6.45, 7) is 0. The van der Waals surface area contributed by atoms with Gasteiger partial charge in [0.1, 0.15) is 5.75 Å². The van der Waals surface area contributed by atoms with Gasteiger partial charge in [0.2, 0.25) is 0 Å². The van der Waals surface area contributed by atoms with E-state index in [0.29, 0.717) is 5.75 Å². The van der Waals surface area contributed by atoms with Crippen LogP contribution in [0.4, 0.5) is 0 Å². The van der Waals surface area contributed by atoms with Crippen molar-refractivity contribution in [2.75, 3.05) is 0 Å². The fourth-order valence-electron chi connectivity index (χ4n) is 1.66. The molecule has 0 fully saturated rings. The third-order valence-electron chi connectivity index (χ3n) is 2.54. The zero-order chi connectivity index (χ0) is 15.3. The zero-order valence-corrected chi connectivity index (χ0v) is 14.4. The van der Waals surface area contributed by atoms with Crippen molar-refractivity contribution >= 4 is 18.6 Å². The summed E-state index contributed by atoms with van der Waals surface area (Å²) < 4.78 is 0. The van der Waals surface area contributed by atoms with Gasteiger partial charge in [-0.05, 0) is 11.6 Å². The Labute approximate surface area is 142 Å². The maximum atomic E-state index is 9.56. The maximum Gasteiger partial charge on any atom is -0.172 e. The molecule has 21 heavy (non-hydrogen) atoms. The average Bonchev–Trinajstić information content (AvgIpc) is 3.09. The third-order valence-corrected chi connectivity index (χ3v) is 2.54. The number of benzene rings is 2. The molecule has 0 saturated carbocycles. The molecule has 0 saturated heterocycles. The number of para-hydroxylation sites is 1. The first-order valence-electron chi connectivity index (χ1n) is 6.26. The van der Waals surface area contributed by atoms with Crippen molar-refractivity contribution < 1.29 is 22.1 Å². The Kier molecular flexibility index (Phi) is 9.85. The minimum absolute atomic E-state index is 0.328. The van der Waals surface area contributed by atoms with Crippen LogP contribution >= 0.6 is 18.6 Å². The summed E-state index contributed by atoms with van der Waals surface area (Å²) in [7, 11) is 9.78. The van der Waals surface area contributed by atoms with Gasteiger partial charge < -0.3 is 5.11 Å². The number of aromatic hydroxyl groups is 1. The first-order chi connectivity index (χ1) is 10.3. The van der Waals surface area contributed by atoms with Gasteiger partial charge in [-0.2, -0.15) is 18.2 Å². The number of phenolic OH excluding ortho intramolecular Hbond substituents is 1. The summed E-state index contributed by atoms with van der Waals surface area (Å²) in [5.74, 6) is 0.328. The zero-order valence-electron chi connectivity index (χ0n) is 11.3. The fourth-order valence-corrected chi connectivity index (χ4v) is 1.66. The molecule has 3 rings (SSSR count). The van der Waals surface area contributed by atoms with E-state index in [1.165, 1.54) is 0 Å². The molecule has 0 radical (unpaired) electrons. The van der Waals surface area contributed by atoms with Crippen LogP contribution in [0.15, 0.2) is 84.9 Å². The molecule has 0 amide bonds. The van der Waals surface area contributed by atoms with Crippen LogP contribution < -0.4 is 0 Å². The topological polar surface area (TPSA) is 20.2 Å². The van der Waals surface area contributed by atoms with Gasteiger partial charge in [0.05, 0.1) is 0 Å². The molecule has 1 N–H and O–H groups in total. The molecule has 0 heterocycles. The third kappa shape index (κ3) is 7.45. The number of hydrogen-bond donors (Lipinski definition) is 1. The van der Waals surface area contributed by atoms with Crippen molar-refractivity contribution in [3.8, 4) is 16.9 Å². The fraction of sp³-hybridized carbons (Fsp3) is 0. The molecular formula is C17H15Cl2OTi-. The Morgan fingerprint density at radius 3 is 1.76 bits per heavy atom. The summed E-state index contributed by atoms with van der Waals surface area (Å²) in [6, 6.07) is 27.2. The number of rotatable bonds is 1. The standard InChI is InChI=1S/C12H10O.C5H5.2ClH.Ti/c13-12-9-5-4-8-11(12)10-6-2-1-3-7-10;1-2-4-5-3-1;;;/h1-9,13H;1-5H;2*1H;/q;-1;;;+2/p-2. The number of hydrogen-bond acceptors (Lipinski definition) is 1. The Hall–Kier alpha value is -1.12. The Balaban J connectivity index is 0.000000228. The van der Waals surface area contributed by atoms with Crippen LogP contribution in [0.3, 0.4) is 0 Å². The van der Waals surface area contributed by atoms with E-state index < -0.39 is 17.0 Å². The van der Waals surface area contributed by atoms with E-state index in [1.54, 1.807) is 6.07 Å². The summed E-state index contributed by atoms with van der Waals surface area (Å²) >= 11 is -0.556. The first-order valence-corrected chi connectivity index (χ1v) is 10.6. The second-order valence-electron chi connectivity index (χ2n) is 3.92. The summed E-state index contributed by atoms with van der Waals surface area (Å²) in [5.41, 5.74) is 1.92. The Morgan fingerprint density at radius 2 is 1.29 bits per heavy atom. The van der Waals surface area contributed by atoms with Crippen molar-refractivity contribution in [2.24, 2.45) is 0 Å². The van der Waals surface area contributed by atoms with E-state index in [2.05, 4.69) is 0 Å². The van der Waals surface area contributed by atoms with Gasteiger partial charge in [0.25, 0.3) is 0 Å². The van der Waals surface area contributed by atoms with E-state index in [1.807, 2.05) is 78.9 Å². The number of halogens is 2. The average molecular weight is 354 g/mol. The molecule has 0 spiro atoms. The van der Waals surface area contributed by atoms with Gasteiger partial charge in [0.15, 0.2) is 0 Å². The van der Waals surface area contributed by atoms with Crippen LogP contribution in [0.2, 0.25) is 0 Å². The van der Waals surface area contributed by atoms with Gasteiger partial charge in [-0.15, -0.1) is 0 Å². The van der Waals surface area contributed by atoms with Crippen molar-refractivity contribution in [2.45, 2.75) is 0 Å². The largest absolute Gasteiger partial charge is 0.214 e. The van der Waals surface area contributed by atoms with Gasteiger partial charge >= 0.3 is 35.6 Å². The van der Waals surface area contributed by atoms with Crippen molar-refractivity contribution in [3.05, 3.63) is 84.9 Å². The van der Waals surface area contributed by atoms with Crippen LogP contribution in [-0.4, -0.2) is 5.11 Å². The van der Waals surface area contributed by atoms with Gasteiger partial charge in [-0.1, -0.05) is 48.5 Å². The smallest absolute Gasteiger partial charge is 0.172 e. The van der Waals surface area contributed by atoms with E-state index in [-0.39, 0.29) is 0 Å². The second-order valence-corrected chi connectivity index (χ2v) is 6.50. The molecule has 3 aromatic rings. The minimum Gasteiger partial charge on any atom is -0.214 e. The number of phenols is 1. The quantitative estimate of drug-likeness (QED) is 0.430. The molecule has 0 bridgehead atoms. The van der Waals surface area contributed by atoms with Crippen molar-refractivity contribution in [1.82, 2.24) is 0 Å². The van der Waals surface area contributed by atoms with E-state index >= 15 is 0 Å². The van der Waals surface area contributed by atoms with E-state index in [9.17, 15) is 5.11 Å². The van der Waals surface area contributed by atoms with Gasteiger partial charge in [-0.25, -0.2) is 12.1 Å². The van der Waals surface area contributed by atoms with Crippen LogP contribution in [0.1, 0.15) is 0 Å². The molecule has 0 unspecified atom stereocenters. The summed E-state index contributed by atoms with van der Waals surface area (Å²) in [6.07, 6.45) is 0. The summed E-state index contributed by atoms with van der Waals surface area (Å²) in [4.78, 5) is 0. The molecule has 0 atom stereocenters.